The van der Waals surface area contributed by atoms with E-state index in [2.05, 4.69) is 11.8 Å². The predicted molar refractivity (Wildman–Crippen MR) is 91.8 cm³/mol. The van der Waals surface area contributed by atoms with E-state index in [1.165, 1.54) is 0 Å². The van der Waals surface area contributed by atoms with Gasteiger partial charge in [0.05, 0.1) is 23.8 Å². The maximum absolute atomic E-state index is 13.4. The smallest absolute Gasteiger partial charge is 0.255 e. The van der Waals surface area contributed by atoms with Gasteiger partial charge in [0, 0.05) is 32.2 Å². The monoisotopic (exact) mass is 372 g/mol. The van der Waals surface area contributed by atoms with Gasteiger partial charge in [-0.05, 0) is 37.8 Å². The van der Waals surface area contributed by atoms with Gasteiger partial charge in [0.25, 0.3) is 5.91 Å². The van der Waals surface area contributed by atoms with Crippen LogP contribution in [0.15, 0.2) is 12.1 Å². The highest BCUT2D eigenvalue weighted by Gasteiger charge is 2.31. The average molecular weight is 373 g/mol. The molecule has 0 saturated carbocycles. The lowest BCUT2D eigenvalue weighted by Gasteiger charge is -2.41. The molecule has 0 aliphatic carbocycles. The van der Waals surface area contributed by atoms with Gasteiger partial charge in [0.15, 0.2) is 11.6 Å². The SMILES string of the molecule is C[C@H](C1CCN(C(=O)c2cc(F)c(F)cc2Cl)CC1)N1CCOCC1. The highest BCUT2D eigenvalue weighted by Crippen LogP contribution is 2.27. The molecule has 0 bridgehead atoms. The van der Waals surface area contributed by atoms with Crippen molar-refractivity contribution in [3.05, 3.63) is 34.4 Å². The average Bonchev–Trinajstić information content (AvgIpc) is 2.64. The summed E-state index contributed by atoms with van der Waals surface area (Å²) >= 11 is 5.92. The van der Waals surface area contributed by atoms with Gasteiger partial charge < -0.3 is 9.64 Å². The zero-order chi connectivity index (χ0) is 18.0. The molecule has 138 valence electrons. The number of likely N-dealkylation sites (tertiary alicyclic amines) is 1. The number of nitrogens with zero attached hydrogens (tertiary/aromatic N) is 2. The van der Waals surface area contributed by atoms with Gasteiger partial charge in [-0.2, -0.15) is 0 Å². The Hall–Kier alpha value is -1.24. The third-order valence-electron chi connectivity index (χ3n) is 5.37. The summed E-state index contributed by atoms with van der Waals surface area (Å²) in [6.07, 6.45) is 1.79. The first kappa shape index (κ1) is 18.5. The molecule has 1 aromatic carbocycles. The fourth-order valence-electron chi connectivity index (χ4n) is 3.72. The van der Waals surface area contributed by atoms with Crippen LogP contribution in [0, 0.1) is 17.6 Å². The van der Waals surface area contributed by atoms with E-state index in [1.807, 2.05) is 0 Å². The number of rotatable bonds is 3. The first-order valence-corrected chi connectivity index (χ1v) is 9.10. The minimum Gasteiger partial charge on any atom is -0.379 e. The summed E-state index contributed by atoms with van der Waals surface area (Å²) in [5.41, 5.74) is 0.0280. The Balaban J connectivity index is 1.60. The molecule has 2 heterocycles. The van der Waals surface area contributed by atoms with Gasteiger partial charge in [0.1, 0.15) is 0 Å². The van der Waals surface area contributed by atoms with Crippen molar-refractivity contribution in [1.29, 1.82) is 0 Å². The fourth-order valence-corrected chi connectivity index (χ4v) is 3.96. The molecule has 2 saturated heterocycles. The van der Waals surface area contributed by atoms with Crippen molar-refractivity contribution in [2.75, 3.05) is 39.4 Å². The molecule has 0 aromatic heterocycles. The molecular weight excluding hydrogens is 350 g/mol. The van der Waals surface area contributed by atoms with E-state index in [0.29, 0.717) is 25.0 Å². The van der Waals surface area contributed by atoms with E-state index in [9.17, 15) is 13.6 Å². The van der Waals surface area contributed by atoms with Crippen LogP contribution in [0.1, 0.15) is 30.1 Å². The molecule has 4 nitrogen and oxygen atoms in total. The Kier molecular flexibility index (Phi) is 5.92. The van der Waals surface area contributed by atoms with E-state index < -0.39 is 11.6 Å². The molecule has 0 spiro atoms. The van der Waals surface area contributed by atoms with E-state index in [-0.39, 0.29) is 16.5 Å². The van der Waals surface area contributed by atoms with Crippen molar-refractivity contribution in [2.45, 2.75) is 25.8 Å². The van der Waals surface area contributed by atoms with E-state index in [1.54, 1.807) is 4.90 Å². The number of amides is 1. The van der Waals surface area contributed by atoms with Crippen LogP contribution < -0.4 is 0 Å². The van der Waals surface area contributed by atoms with Crippen LogP contribution in [0.25, 0.3) is 0 Å². The summed E-state index contributed by atoms with van der Waals surface area (Å²) in [5, 5.41) is -0.0484. The van der Waals surface area contributed by atoms with Crippen molar-refractivity contribution in [3.63, 3.8) is 0 Å². The Morgan fingerprint density at radius 2 is 1.76 bits per heavy atom. The lowest BCUT2D eigenvalue weighted by Crippen LogP contribution is -2.49. The summed E-state index contributed by atoms with van der Waals surface area (Å²) < 4.78 is 32.0. The summed E-state index contributed by atoms with van der Waals surface area (Å²) in [6, 6.07) is 2.20. The molecule has 0 radical (unpaired) electrons. The van der Waals surface area contributed by atoms with E-state index >= 15 is 0 Å². The van der Waals surface area contributed by atoms with Crippen molar-refractivity contribution >= 4 is 17.5 Å². The molecule has 1 aromatic rings. The number of ether oxygens (including phenoxy) is 1. The van der Waals surface area contributed by atoms with Crippen LogP contribution in [-0.2, 0) is 4.74 Å². The molecular formula is C18H23ClF2N2O2. The Bertz CT molecular complexity index is 630. The fraction of sp³-hybridized carbons (Fsp3) is 0.611. The topological polar surface area (TPSA) is 32.8 Å². The third-order valence-corrected chi connectivity index (χ3v) is 5.68. The van der Waals surface area contributed by atoms with Crippen molar-refractivity contribution < 1.29 is 18.3 Å². The van der Waals surface area contributed by atoms with Gasteiger partial charge >= 0.3 is 0 Å². The molecule has 3 rings (SSSR count). The van der Waals surface area contributed by atoms with Crippen molar-refractivity contribution in [3.8, 4) is 0 Å². The zero-order valence-electron chi connectivity index (χ0n) is 14.3. The van der Waals surface area contributed by atoms with Crippen molar-refractivity contribution in [1.82, 2.24) is 9.80 Å². The summed E-state index contributed by atoms with van der Waals surface area (Å²) in [4.78, 5) is 16.7. The van der Waals surface area contributed by atoms with Gasteiger partial charge in [-0.3, -0.25) is 9.69 Å². The maximum Gasteiger partial charge on any atom is 0.255 e. The number of piperidine rings is 1. The van der Waals surface area contributed by atoms with Crippen LogP contribution in [-0.4, -0.2) is 61.1 Å². The Morgan fingerprint density at radius 1 is 1.16 bits per heavy atom. The second-order valence-electron chi connectivity index (χ2n) is 6.76. The molecule has 25 heavy (non-hydrogen) atoms. The first-order chi connectivity index (χ1) is 12.0. The Labute approximate surface area is 151 Å². The van der Waals surface area contributed by atoms with Crippen molar-refractivity contribution in [2.24, 2.45) is 5.92 Å². The second kappa shape index (κ2) is 7.98. The molecule has 2 fully saturated rings. The standard InChI is InChI=1S/C18H23ClF2N2O2/c1-12(22-6-8-25-9-7-22)13-2-4-23(5-3-13)18(24)14-10-16(20)17(21)11-15(14)19/h10-13H,2-9H2,1H3/t12-/m1/s1. The molecule has 2 aliphatic heterocycles. The minimum atomic E-state index is -1.05. The number of hydrogen-bond donors (Lipinski definition) is 0. The van der Waals surface area contributed by atoms with Crippen LogP contribution in [0.2, 0.25) is 5.02 Å². The van der Waals surface area contributed by atoms with Crippen LogP contribution >= 0.6 is 11.6 Å². The number of halogens is 3. The molecule has 0 unspecified atom stereocenters. The van der Waals surface area contributed by atoms with E-state index in [0.717, 1.165) is 51.3 Å². The summed E-state index contributed by atoms with van der Waals surface area (Å²) in [7, 11) is 0. The van der Waals surface area contributed by atoms with Gasteiger partial charge in [-0.1, -0.05) is 11.6 Å². The predicted octanol–water partition coefficient (Wildman–Crippen LogP) is 3.19. The zero-order valence-corrected chi connectivity index (χ0v) is 15.1. The number of morpholine rings is 1. The quantitative estimate of drug-likeness (QED) is 0.764. The highest BCUT2D eigenvalue weighted by molar-refractivity contribution is 6.33. The molecule has 2 aliphatic rings. The number of hydrogen-bond acceptors (Lipinski definition) is 3. The lowest BCUT2D eigenvalue weighted by atomic mass is 9.89. The number of carbonyl (C=O) groups is 1. The Morgan fingerprint density at radius 3 is 2.40 bits per heavy atom. The summed E-state index contributed by atoms with van der Waals surface area (Å²) in [6.45, 7) is 6.89. The minimum absolute atomic E-state index is 0.0280. The van der Waals surface area contributed by atoms with Crippen LogP contribution in [0.3, 0.4) is 0 Å². The van der Waals surface area contributed by atoms with E-state index in [4.69, 9.17) is 16.3 Å². The largest absolute Gasteiger partial charge is 0.379 e. The normalized spacial score (nSPS) is 21.4. The third kappa shape index (κ3) is 4.13. The van der Waals surface area contributed by atoms with Gasteiger partial charge in [0.2, 0.25) is 0 Å². The first-order valence-electron chi connectivity index (χ1n) is 8.73. The second-order valence-corrected chi connectivity index (χ2v) is 7.17. The lowest BCUT2D eigenvalue weighted by molar-refractivity contribution is -0.000952. The molecule has 1 atom stereocenters. The van der Waals surface area contributed by atoms with Crippen LogP contribution in [0.4, 0.5) is 8.78 Å². The highest BCUT2D eigenvalue weighted by atomic mass is 35.5. The van der Waals surface area contributed by atoms with Gasteiger partial charge in [-0.15, -0.1) is 0 Å². The van der Waals surface area contributed by atoms with Gasteiger partial charge in [-0.25, -0.2) is 8.78 Å². The number of benzene rings is 1. The summed E-state index contributed by atoms with van der Waals surface area (Å²) in [5.74, 6) is -1.91. The number of carbonyl (C=O) groups excluding carboxylic acids is 1. The molecule has 1 amide bonds. The maximum atomic E-state index is 13.4. The molecule has 7 heteroatoms. The molecule has 0 N–H and O–H groups in total. The van der Waals surface area contributed by atoms with Crippen LogP contribution in [0.5, 0.6) is 0 Å².